The molecule has 1 aromatic carbocycles. The highest BCUT2D eigenvalue weighted by Gasteiger charge is 2.20. The standard InChI is InChI=1S/C20H21N3O3S/c1-3-11-26-19(25)14(2)27-20-22-17-9-5-4-8-16(17)18(24)23(20)13-15-7-6-10-21-12-15/h4-10,12,14H,3,11,13H2,1-2H3. The molecule has 7 heteroatoms. The number of esters is 1. The van der Waals surface area contributed by atoms with Crippen LogP contribution in [0.15, 0.2) is 58.7 Å². The molecule has 1 unspecified atom stereocenters. The molecule has 27 heavy (non-hydrogen) atoms. The van der Waals surface area contributed by atoms with Crippen molar-refractivity contribution in [3.8, 4) is 0 Å². The molecule has 0 fully saturated rings. The van der Waals surface area contributed by atoms with Crippen molar-refractivity contribution in [3.63, 3.8) is 0 Å². The third-order valence-electron chi connectivity index (χ3n) is 3.95. The van der Waals surface area contributed by atoms with Crippen LogP contribution in [-0.4, -0.2) is 32.4 Å². The van der Waals surface area contributed by atoms with E-state index in [0.29, 0.717) is 29.2 Å². The molecule has 3 aromatic rings. The number of carbonyl (C=O) groups excluding carboxylic acids is 1. The van der Waals surface area contributed by atoms with Crippen LogP contribution in [0, 0.1) is 0 Å². The first-order valence-electron chi connectivity index (χ1n) is 8.82. The Morgan fingerprint density at radius 1 is 1.26 bits per heavy atom. The van der Waals surface area contributed by atoms with Crippen LogP contribution < -0.4 is 5.56 Å². The van der Waals surface area contributed by atoms with Gasteiger partial charge in [-0.1, -0.05) is 36.9 Å². The zero-order valence-electron chi connectivity index (χ0n) is 15.3. The van der Waals surface area contributed by atoms with Gasteiger partial charge in [0.25, 0.3) is 5.56 Å². The molecule has 2 heterocycles. The molecule has 3 rings (SSSR count). The van der Waals surface area contributed by atoms with Crippen LogP contribution in [-0.2, 0) is 16.1 Å². The third-order valence-corrected chi connectivity index (χ3v) is 5.02. The van der Waals surface area contributed by atoms with Crippen molar-refractivity contribution in [1.82, 2.24) is 14.5 Å². The number of fused-ring (bicyclic) bond motifs is 1. The van der Waals surface area contributed by atoms with Gasteiger partial charge in [-0.05, 0) is 37.1 Å². The van der Waals surface area contributed by atoms with Crippen molar-refractivity contribution < 1.29 is 9.53 Å². The van der Waals surface area contributed by atoms with Gasteiger partial charge in [-0.3, -0.25) is 19.1 Å². The van der Waals surface area contributed by atoms with Gasteiger partial charge in [0.2, 0.25) is 0 Å². The topological polar surface area (TPSA) is 74.1 Å². The van der Waals surface area contributed by atoms with E-state index >= 15 is 0 Å². The first kappa shape index (κ1) is 19.1. The van der Waals surface area contributed by atoms with Crippen molar-refractivity contribution in [1.29, 1.82) is 0 Å². The molecule has 0 bridgehead atoms. The Bertz CT molecular complexity index is 989. The minimum Gasteiger partial charge on any atom is -0.465 e. The number of benzene rings is 1. The van der Waals surface area contributed by atoms with Crippen LogP contribution in [0.5, 0.6) is 0 Å². The molecule has 0 saturated carbocycles. The number of hydrogen-bond acceptors (Lipinski definition) is 6. The minimum absolute atomic E-state index is 0.138. The van der Waals surface area contributed by atoms with Crippen LogP contribution in [0.2, 0.25) is 0 Å². The fraction of sp³-hybridized carbons (Fsp3) is 0.300. The van der Waals surface area contributed by atoms with Gasteiger partial charge in [0.1, 0.15) is 5.25 Å². The van der Waals surface area contributed by atoms with Crippen LogP contribution in [0.25, 0.3) is 10.9 Å². The molecule has 0 saturated heterocycles. The normalized spacial score (nSPS) is 12.1. The second-order valence-corrected chi connectivity index (χ2v) is 7.40. The molecule has 0 aliphatic heterocycles. The summed E-state index contributed by atoms with van der Waals surface area (Å²) in [6.45, 7) is 4.43. The highest BCUT2D eigenvalue weighted by molar-refractivity contribution is 8.00. The summed E-state index contributed by atoms with van der Waals surface area (Å²) < 4.78 is 6.81. The fourth-order valence-electron chi connectivity index (χ4n) is 2.58. The summed E-state index contributed by atoms with van der Waals surface area (Å²) in [6.07, 6.45) is 4.17. The highest BCUT2D eigenvalue weighted by Crippen LogP contribution is 2.24. The monoisotopic (exact) mass is 383 g/mol. The van der Waals surface area contributed by atoms with Crippen molar-refractivity contribution in [2.24, 2.45) is 0 Å². The Hall–Kier alpha value is -2.67. The second-order valence-electron chi connectivity index (χ2n) is 6.09. The number of carbonyl (C=O) groups is 1. The van der Waals surface area contributed by atoms with Crippen molar-refractivity contribution in [3.05, 3.63) is 64.7 Å². The van der Waals surface area contributed by atoms with Gasteiger partial charge in [-0.25, -0.2) is 4.98 Å². The second kappa shape index (κ2) is 8.81. The van der Waals surface area contributed by atoms with E-state index in [1.165, 1.54) is 11.8 Å². The molecule has 1 atom stereocenters. The predicted octanol–water partition coefficient (Wildman–Crippen LogP) is 3.27. The van der Waals surface area contributed by atoms with Gasteiger partial charge >= 0.3 is 5.97 Å². The maximum absolute atomic E-state index is 13.1. The molecular weight excluding hydrogens is 362 g/mol. The molecule has 2 aromatic heterocycles. The summed E-state index contributed by atoms with van der Waals surface area (Å²) in [5.41, 5.74) is 1.36. The van der Waals surface area contributed by atoms with Crippen LogP contribution in [0.4, 0.5) is 0 Å². The summed E-state index contributed by atoms with van der Waals surface area (Å²) in [4.78, 5) is 33.9. The summed E-state index contributed by atoms with van der Waals surface area (Å²) in [5, 5.41) is 0.570. The summed E-state index contributed by atoms with van der Waals surface area (Å²) in [6, 6.07) is 11.0. The number of hydrogen-bond donors (Lipinski definition) is 0. The zero-order chi connectivity index (χ0) is 19.2. The molecule has 0 aliphatic rings. The first-order valence-corrected chi connectivity index (χ1v) is 9.70. The maximum atomic E-state index is 13.1. The average molecular weight is 383 g/mol. The van der Waals surface area contributed by atoms with Gasteiger partial charge in [0, 0.05) is 12.4 Å². The van der Waals surface area contributed by atoms with E-state index in [2.05, 4.69) is 9.97 Å². The molecule has 0 aliphatic carbocycles. The third kappa shape index (κ3) is 4.54. The van der Waals surface area contributed by atoms with Crippen molar-refractivity contribution >= 4 is 28.6 Å². The number of aromatic nitrogens is 3. The average Bonchev–Trinajstić information content (AvgIpc) is 2.69. The van der Waals surface area contributed by atoms with Crippen molar-refractivity contribution in [2.45, 2.75) is 37.2 Å². The lowest BCUT2D eigenvalue weighted by atomic mass is 10.2. The number of thioether (sulfide) groups is 1. The SMILES string of the molecule is CCCOC(=O)C(C)Sc1nc2ccccc2c(=O)n1Cc1cccnc1. The Morgan fingerprint density at radius 2 is 2.07 bits per heavy atom. The van der Waals surface area contributed by atoms with Crippen molar-refractivity contribution in [2.75, 3.05) is 6.61 Å². The number of pyridine rings is 1. The minimum atomic E-state index is -0.468. The lowest BCUT2D eigenvalue weighted by Gasteiger charge is -2.16. The predicted molar refractivity (Wildman–Crippen MR) is 106 cm³/mol. The van der Waals surface area contributed by atoms with Gasteiger partial charge in [-0.15, -0.1) is 0 Å². The molecule has 0 N–H and O–H groups in total. The highest BCUT2D eigenvalue weighted by atomic mass is 32.2. The molecule has 0 spiro atoms. The maximum Gasteiger partial charge on any atom is 0.319 e. The van der Waals surface area contributed by atoms with Crippen LogP contribution in [0.1, 0.15) is 25.8 Å². The zero-order valence-corrected chi connectivity index (χ0v) is 16.1. The number of rotatable bonds is 7. The Labute approximate surface area is 161 Å². The Balaban J connectivity index is 2.00. The Morgan fingerprint density at radius 3 is 2.81 bits per heavy atom. The number of para-hydroxylation sites is 1. The molecule has 6 nitrogen and oxygen atoms in total. The van der Waals surface area contributed by atoms with E-state index in [0.717, 1.165) is 12.0 Å². The van der Waals surface area contributed by atoms with E-state index in [9.17, 15) is 9.59 Å². The number of nitrogens with zero attached hydrogens (tertiary/aromatic N) is 3. The smallest absolute Gasteiger partial charge is 0.319 e. The Kier molecular flexibility index (Phi) is 6.24. The summed E-state index contributed by atoms with van der Waals surface area (Å²) >= 11 is 1.23. The van der Waals surface area contributed by atoms with E-state index in [4.69, 9.17) is 4.74 Å². The summed E-state index contributed by atoms with van der Waals surface area (Å²) in [7, 11) is 0. The van der Waals surface area contributed by atoms with Crippen LogP contribution in [0.3, 0.4) is 0 Å². The lowest BCUT2D eigenvalue weighted by molar-refractivity contribution is -0.142. The van der Waals surface area contributed by atoms with E-state index < -0.39 is 5.25 Å². The van der Waals surface area contributed by atoms with E-state index in [1.54, 1.807) is 36.0 Å². The van der Waals surface area contributed by atoms with Crippen LogP contribution >= 0.6 is 11.8 Å². The van der Waals surface area contributed by atoms with Gasteiger partial charge < -0.3 is 4.74 Å². The van der Waals surface area contributed by atoms with Gasteiger partial charge in [-0.2, -0.15) is 0 Å². The molecule has 0 radical (unpaired) electrons. The van der Waals surface area contributed by atoms with Gasteiger partial charge in [0.15, 0.2) is 5.16 Å². The fourth-order valence-corrected chi connectivity index (χ4v) is 3.48. The van der Waals surface area contributed by atoms with E-state index in [1.807, 2.05) is 31.2 Å². The largest absolute Gasteiger partial charge is 0.465 e. The quantitative estimate of drug-likeness (QED) is 0.354. The molecular formula is C20H21N3O3S. The number of ether oxygens (including phenoxy) is 1. The lowest BCUT2D eigenvalue weighted by Crippen LogP contribution is -2.26. The molecule has 0 amide bonds. The molecule has 140 valence electrons. The summed E-state index contributed by atoms with van der Waals surface area (Å²) in [5.74, 6) is -0.308. The van der Waals surface area contributed by atoms with Gasteiger partial charge in [0.05, 0.1) is 24.1 Å². The van der Waals surface area contributed by atoms with E-state index in [-0.39, 0.29) is 11.5 Å². The first-order chi connectivity index (χ1) is 13.1.